The first-order valence-corrected chi connectivity index (χ1v) is 7.05. The molecule has 0 bridgehead atoms. The molecular formula is C16H27NO. The first-order valence-electron chi connectivity index (χ1n) is 7.05. The summed E-state index contributed by atoms with van der Waals surface area (Å²) in [6.45, 7) is 12.4. The number of aryl methyl sites for hydroxylation is 2. The molecule has 0 radical (unpaired) electrons. The highest BCUT2D eigenvalue weighted by Crippen LogP contribution is 2.23. The summed E-state index contributed by atoms with van der Waals surface area (Å²) in [5, 5.41) is 3.56. The Hall–Kier alpha value is -0.860. The van der Waals surface area contributed by atoms with Gasteiger partial charge in [0, 0.05) is 6.61 Å². The van der Waals surface area contributed by atoms with E-state index in [9.17, 15) is 0 Å². The van der Waals surface area contributed by atoms with Crippen molar-refractivity contribution in [3.05, 3.63) is 34.9 Å². The van der Waals surface area contributed by atoms with Crippen LogP contribution in [-0.4, -0.2) is 19.3 Å². The van der Waals surface area contributed by atoms with E-state index in [0.717, 1.165) is 19.6 Å². The van der Waals surface area contributed by atoms with Crippen LogP contribution in [0, 0.1) is 13.8 Å². The third-order valence-electron chi connectivity index (χ3n) is 3.18. The molecule has 0 heterocycles. The molecule has 0 aliphatic rings. The maximum atomic E-state index is 5.88. The molecule has 0 aliphatic carbocycles. The number of hydrogen-bond donors (Lipinski definition) is 1. The van der Waals surface area contributed by atoms with Gasteiger partial charge in [0.25, 0.3) is 0 Å². The van der Waals surface area contributed by atoms with Gasteiger partial charge >= 0.3 is 0 Å². The van der Waals surface area contributed by atoms with Crippen LogP contribution in [0.1, 0.15) is 49.9 Å². The molecule has 2 nitrogen and oxygen atoms in total. The van der Waals surface area contributed by atoms with E-state index in [4.69, 9.17) is 4.74 Å². The SMILES string of the molecule is CCNC(c1cc(C)cc(C)c1)C(CC)OCC. The quantitative estimate of drug-likeness (QED) is 0.794. The number of benzene rings is 1. The van der Waals surface area contributed by atoms with Gasteiger partial charge in [0.15, 0.2) is 0 Å². The van der Waals surface area contributed by atoms with Crippen LogP contribution in [0.15, 0.2) is 18.2 Å². The van der Waals surface area contributed by atoms with E-state index in [2.05, 4.69) is 58.1 Å². The van der Waals surface area contributed by atoms with Crippen molar-refractivity contribution in [1.29, 1.82) is 0 Å². The molecule has 2 atom stereocenters. The Morgan fingerprint density at radius 1 is 1.06 bits per heavy atom. The number of nitrogens with one attached hydrogen (secondary N) is 1. The highest BCUT2D eigenvalue weighted by molar-refractivity contribution is 5.31. The molecule has 18 heavy (non-hydrogen) atoms. The predicted molar refractivity (Wildman–Crippen MR) is 78.0 cm³/mol. The monoisotopic (exact) mass is 249 g/mol. The van der Waals surface area contributed by atoms with Crippen molar-refractivity contribution in [2.45, 2.75) is 53.2 Å². The van der Waals surface area contributed by atoms with Crippen LogP contribution in [-0.2, 0) is 4.74 Å². The molecule has 0 aromatic heterocycles. The standard InChI is InChI=1S/C16H27NO/c1-6-15(18-8-3)16(17-7-2)14-10-12(4)9-13(5)11-14/h9-11,15-17H,6-8H2,1-5H3. The zero-order valence-corrected chi connectivity index (χ0v) is 12.4. The van der Waals surface area contributed by atoms with Crippen LogP contribution in [0.5, 0.6) is 0 Å². The molecule has 1 rings (SSSR count). The van der Waals surface area contributed by atoms with Crippen LogP contribution in [0.25, 0.3) is 0 Å². The molecule has 102 valence electrons. The highest BCUT2D eigenvalue weighted by Gasteiger charge is 2.21. The Kier molecular flexibility index (Phi) is 6.37. The van der Waals surface area contributed by atoms with Gasteiger partial charge < -0.3 is 10.1 Å². The predicted octanol–water partition coefficient (Wildman–Crippen LogP) is 3.77. The summed E-state index contributed by atoms with van der Waals surface area (Å²) in [4.78, 5) is 0. The third kappa shape index (κ3) is 4.11. The molecule has 0 fully saturated rings. The van der Waals surface area contributed by atoms with Crippen molar-refractivity contribution in [1.82, 2.24) is 5.32 Å². The molecule has 0 amide bonds. The van der Waals surface area contributed by atoms with Gasteiger partial charge in [0.1, 0.15) is 0 Å². The van der Waals surface area contributed by atoms with E-state index < -0.39 is 0 Å². The second kappa shape index (κ2) is 7.55. The first-order chi connectivity index (χ1) is 8.62. The van der Waals surface area contributed by atoms with Crippen LogP contribution >= 0.6 is 0 Å². The van der Waals surface area contributed by atoms with Crippen molar-refractivity contribution in [2.24, 2.45) is 0 Å². The fraction of sp³-hybridized carbons (Fsp3) is 0.625. The molecule has 1 N–H and O–H groups in total. The van der Waals surface area contributed by atoms with Crippen LogP contribution < -0.4 is 5.32 Å². The summed E-state index contributed by atoms with van der Waals surface area (Å²) in [7, 11) is 0. The molecule has 0 aliphatic heterocycles. The van der Waals surface area contributed by atoms with E-state index in [1.807, 2.05) is 0 Å². The molecule has 0 spiro atoms. The Labute approximate surface area is 112 Å². The van der Waals surface area contributed by atoms with Gasteiger partial charge in [-0.25, -0.2) is 0 Å². The Bertz CT molecular complexity index is 342. The fourth-order valence-electron chi connectivity index (χ4n) is 2.54. The van der Waals surface area contributed by atoms with Gasteiger partial charge in [0.2, 0.25) is 0 Å². The maximum absolute atomic E-state index is 5.88. The average molecular weight is 249 g/mol. The van der Waals surface area contributed by atoms with Gasteiger partial charge in [-0.3, -0.25) is 0 Å². The van der Waals surface area contributed by atoms with Gasteiger partial charge in [-0.2, -0.15) is 0 Å². The lowest BCUT2D eigenvalue weighted by Gasteiger charge is -2.28. The molecule has 0 saturated carbocycles. The second-order valence-corrected chi connectivity index (χ2v) is 4.86. The molecule has 2 unspecified atom stereocenters. The Balaban J connectivity index is 3.01. The second-order valence-electron chi connectivity index (χ2n) is 4.86. The van der Waals surface area contributed by atoms with Crippen molar-refractivity contribution in [3.63, 3.8) is 0 Å². The van der Waals surface area contributed by atoms with E-state index in [-0.39, 0.29) is 6.10 Å². The van der Waals surface area contributed by atoms with E-state index in [1.165, 1.54) is 16.7 Å². The number of ether oxygens (including phenoxy) is 1. The van der Waals surface area contributed by atoms with Crippen molar-refractivity contribution in [3.8, 4) is 0 Å². The summed E-state index contributed by atoms with van der Waals surface area (Å²) in [5.41, 5.74) is 3.98. The fourth-order valence-corrected chi connectivity index (χ4v) is 2.54. The third-order valence-corrected chi connectivity index (χ3v) is 3.18. The van der Waals surface area contributed by atoms with Gasteiger partial charge in [-0.15, -0.1) is 0 Å². The number of likely N-dealkylation sites (N-methyl/N-ethyl adjacent to an activating group) is 1. The minimum atomic E-state index is 0.246. The molecule has 1 aromatic rings. The zero-order valence-electron chi connectivity index (χ0n) is 12.4. The molecule has 2 heteroatoms. The summed E-state index contributed by atoms with van der Waals surface area (Å²) >= 11 is 0. The van der Waals surface area contributed by atoms with Gasteiger partial charge in [-0.05, 0) is 39.3 Å². The van der Waals surface area contributed by atoms with Crippen LogP contribution in [0.2, 0.25) is 0 Å². The average Bonchev–Trinajstić information content (AvgIpc) is 2.32. The van der Waals surface area contributed by atoms with Gasteiger partial charge in [-0.1, -0.05) is 43.2 Å². The lowest BCUT2D eigenvalue weighted by molar-refractivity contribution is 0.0318. The lowest BCUT2D eigenvalue weighted by Crippen LogP contribution is -2.33. The van der Waals surface area contributed by atoms with E-state index >= 15 is 0 Å². The minimum absolute atomic E-state index is 0.246. The van der Waals surface area contributed by atoms with Crippen LogP contribution in [0.3, 0.4) is 0 Å². The normalized spacial score (nSPS) is 14.5. The zero-order chi connectivity index (χ0) is 13.5. The van der Waals surface area contributed by atoms with E-state index in [0.29, 0.717) is 6.04 Å². The molecule has 1 aromatic carbocycles. The maximum Gasteiger partial charge on any atom is 0.0766 e. The van der Waals surface area contributed by atoms with Crippen molar-refractivity contribution < 1.29 is 4.74 Å². The Morgan fingerprint density at radius 3 is 2.11 bits per heavy atom. The Morgan fingerprint density at radius 2 is 1.67 bits per heavy atom. The topological polar surface area (TPSA) is 21.3 Å². The van der Waals surface area contributed by atoms with Gasteiger partial charge in [0.05, 0.1) is 12.1 Å². The smallest absolute Gasteiger partial charge is 0.0766 e. The van der Waals surface area contributed by atoms with E-state index in [1.54, 1.807) is 0 Å². The van der Waals surface area contributed by atoms with Crippen molar-refractivity contribution in [2.75, 3.05) is 13.2 Å². The summed E-state index contributed by atoms with van der Waals surface area (Å²) < 4.78 is 5.88. The summed E-state index contributed by atoms with van der Waals surface area (Å²) in [6.07, 6.45) is 1.27. The molecular weight excluding hydrogens is 222 g/mol. The van der Waals surface area contributed by atoms with Crippen LogP contribution in [0.4, 0.5) is 0 Å². The minimum Gasteiger partial charge on any atom is -0.377 e. The van der Waals surface area contributed by atoms with Crippen molar-refractivity contribution >= 4 is 0 Å². The number of hydrogen-bond acceptors (Lipinski definition) is 2. The summed E-state index contributed by atoms with van der Waals surface area (Å²) in [6, 6.07) is 7.04. The largest absolute Gasteiger partial charge is 0.377 e. The number of rotatable bonds is 7. The lowest BCUT2D eigenvalue weighted by atomic mass is 9.96. The highest BCUT2D eigenvalue weighted by atomic mass is 16.5. The molecule has 0 saturated heterocycles. The first kappa shape index (κ1) is 15.2. The summed E-state index contributed by atoms with van der Waals surface area (Å²) in [5.74, 6) is 0.